The van der Waals surface area contributed by atoms with Crippen molar-refractivity contribution in [2.75, 3.05) is 26.9 Å². The van der Waals surface area contributed by atoms with Crippen LogP contribution in [-0.2, 0) is 17.8 Å². The lowest BCUT2D eigenvalue weighted by molar-refractivity contribution is 0.140. The Hall–Kier alpha value is -2.00. The topological polar surface area (TPSA) is 64.1 Å². The normalized spacial score (nSPS) is 16.0. The van der Waals surface area contributed by atoms with E-state index >= 15 is 0 Å². The van der Waals surface area contributed by atoms with Crippen LogP contribution >= 0.6 is 24.0 Å². The number of hydrogen-bond acceptors (Lipinski definition) is 4. The zero-order valence-electron chi connectivity index (χ0n) is 17.9. The first kappa shape index (κ1) is 24.3. The fraction of sp³-hybridized carbons (Fsp3) is 0.435. The van der Waals surface area contributed by atoms with Gasteiger partial charge in [-0.2, -0.15) is 0 Å². The maximum absolute atomic E-state index is 6.19. The lowest BCUT2D eigenvalue weighted by Gasteiger charge is -2.18. The molecule has 0 radical (unpaired) electrons. The smallest absolute Gasteiger partial charge is 0.191 e. The molecular weight excluding hydrogens is 493 g/mol. The molecule has 0 aromatic heterocycles. The largest absolute Gasteiger partial charge is 0.497 e. The van der Waals surface area contributed by atoms with Crippen molar-refractivity contribution in [2.45, 2.75) is 39.5 Å². The Morgan fingerprint density at radius 1 is 1.17 bits per heavy atom. The van der Waals surface area contributed by atoms with E-state index in [0.717, 1.165) is 48.2 Å². The highest BCUT2D eigenvalue weighted by Gasteiger charge is 2.18. The second-order valence-electron chi connectivity index (χ2n) is 7.11. The Morgan fingerprint density at radius 3 is 2.63 bits per heavy atom. The number of aliphatic imine (C=N–C) groups is 1. The average molecular weight is 525 g/mol. The van der Waals surface area contributed by atoms with E-state index in [2.05, 4.69) is 42.7 Å². The van der Waals surface area contributed by atoms with Crippen LogP contribution in [0.25, 0.3) is 0 Å². The number of hydrogen-bond donors (Lipinski definition) is 2. The van der Waals surface area contributed by atoms with Gasteiger partial charge in [0.15, 0.2) is 5.96 Å². The summed E-state index contributed by atoms with van der Waals surface area (Å²) in [4.78, 5) is 4.70. The Bertz CT molecular complexity index is 806. The number of nitrogens with one attached hydrogen (secondary N) is 2. The molecule has 1 heterocycles. The highest BCUT2D eigenvalue weighted by atomic mass is 127. The maximum Gasteiger partial charge on any atom is 0.191 e. The first-order valence-corrected chi connectivity index (χ1v) is 10.2. The minimum absolute atomic E-state index is 0. The van der Waals surface area contributed by atoms with Crippen molar-refractivity contribution in [1.29, 1.82) is 0 Å². The monoisotopic (exact) mass is 525 g/mol. The molecule has 2 aromatic carbocycles. The van der Waals surface area contributed by atoms with Crippen molar-refractivity contribution in [3.05, 3.63) is 59.2 Å². The molecule has 3 rings (SSSR count). The van der Waals surface area contributed by atoms with E-state index in [1.165, 1.54) is 5.56 Å². The van der Waals surface area contributed by atoms with Gasteiger partial charge >= 0.3 is 0 Å². The maximum atomic E-state index is 6.19. The van der Waals surface area contributed by atoms with E-state index in [0.29, 0.717) is 19.7 Å². The van der Waals surface area contributed by atoms with E-state index in [9.17, 15) is 0 Å². The van der Waals surface area contributed by atoms with Crippen LogP contribution in [0, 0.1) is 6.92 Å². The van der Waals surface area contributed by atoms with Gasteiger partial charge in [0.2, 0.25) is 0 Å². The highest BCUT2D eigenvalue weighted by Crippen LogP contribution is 2.23. The van der Waals surface area contributed by atoms with Gasteiger partial charge < -0.3 is 24.8 Å². The van der Waals surface area contributed by atoms with E-state index in [1.807, 2.05) is 24.3 Å². The van der Waals surface area contributed by atoms with Crippen molar-refractivity contribution in [3.63, 3.8) is 0 Å². The first-order valence-electron chi connectivity index (χ1n) is 10.2. The second kappa shape index (κ2) is 12.6. The lowest BCUT2D eigenvalue weighted by Crippen LogP contribution is -2.37. The molecule has 0 spiro atoms. The molecule has 2 N–H and O–H groups in total. The van der Waals surface area contributed by atoms with Crippen molar-refractivity contribution < 1.29 is 14.2 Å². The van der Waals surface area contributed by atoms with Crippen LogP contribution in [0.4, 0.5) is 0 Å². The van der Waals surface area contributed by atoms with E-state index in [4.69, 9.17) is 19.2 Å². The molecule has 1 aliphatic rings. The van der Waals surface area contributed by atoms with E-state index in [1.54, 1.807) is 7.11 Å². The number of nitrogens with zero attached hydrogens (tertiary/aromatic N) is 1. The zero-order chi connectivity index (χ0) is 20.5. The number of guanidine groups is 1. The van der Waals surface area contributed by atoms with Crippen molar-refractivity contribution >= 4 is 29.9 Å². The number of benzene rings is 2. The molecule has 6 nitrogen and oxygen atoms in total. The van der Waals surface area contributed by atoms with Crippen LogP contribution in [0.5, 0.6) is 11.5 Å². The summed E-state index contributed by atoms with van der Waals surface area (Å²) in [6.07, 6.45) is 1.07. The van der Waals surface area contributed by atoms with Crippen LogP contribution in [0.15, 0.2) is 47.5 Å². The lowest BCUT2D eigenvalue weighted by atomic mass is 10.1. The molecule has 1 aliphatic heterocycles. The Kier molecular flexibility index (Phi) is 10.2. The molecule has 164 valence electrons. The van der Waals surface area contributed by atoms with Gasteiger partial charge in [-0.05, 0) is 43.2 Å². The fourth-order valence-electron chi connectivity index (χ4n) is 3.12. The number of rotatable bonds is 8. The molecule has 30 heavy (non-hydrogen) atoms. The molecule has 0 bridgehead atoms. The molecular formula is C23H32IN3O3. The summed E-state index contributed by atoms with van der Waals surface area (Å²) in [6, 6.07) is 14.3. The fourth-order valence-corrected chi connectivity index (χ4v) is 3.12. The van der Waals surface area contributed by atoms with Gasteiger partial charge in [-0.15, -0.1) is 24.0 Å². The Morgan fingerprint density at radius 2 is 1.97 bits per heavy atom. The van der Waals surface area contributed by atoms with Crippen molar-refractivity contribution in [1.82, 2.24) is 10.6 Å². The van der Waals surface area contributed by atoms with Crippen LogP contribution in [0.2, 0.25) is 0 Å². The molecule has 7 heteroatoms. The van der Waals surface area contributed by atoms with Crippen LogP contribution in [0.1, 0.15) is 30.0 Å². The van der Waals surface area contributed by atoms with E-state index < -0.39 is 0 Å². The molecule has 0 aliphatic carbocycles. The van der Waals surface area contributed by atoms with E-state index in [-0.39, 0.29) is 30.1 Å². The third-order valence-electron chi connectivity index (χ3n) is 4.77. The molecule has 1 unspecified atom stereocenters. The predicted molar refractivity (Wildman–Crippen MR) is 131 cm³/mol. The van der Waals surface area contributed by atoms with Gasteiger partial charge in [0.05, 0.1) is 26.9 Å². The first-order chi connectivity index (χ1) is 14.2. The second-order valence-corrected chi connectivity index (χ2v) is 7.11. The summed E-state index contributed by atoms with van der Waals surface area (Å²) in [5.74, 6) is 2.54. The summed E-state index contributed by atoms with van der Waals surface area (Å²) >= 11 is 0. The minimum Gasteiger partial charge on any atom is -0.497 e. The Labute approximate surface area is 196 Å². The Balaban J connectivity index is 0.00000320. The van der Waals surface area contributed by atoms with Gasteiger partial charge in [0, 0.05) is 25.1 Å². The molecule has 0 saturated carbocycles. The minimum atomic E-state index is 0. The molecule has 1 saturated heterocycles. The summed E-state index contributed by atoms with van der Waals surface area (Å²) in [6.45, 7) is 7.60. The predicted octanol–water partition coefficient (Wildman–Crippen LogP) is 4.04. The average Bonchev–Trinajstić information content (AvgIpc) is 3.24. The third kappa shape index (κ3) is 7.36. The quantitative estimate of drug-likeness (QED) is 0.310. The van der Waals surface area contributed by atoms with Gasteiger partial charge in [-0.3, -0.25) is 0 Å². The van der Waals surface area contributed by atoms with Gasteiger partial charge in [-0.25, -0.2) is 4.99 Å². The standard InChI is InChI=1S/C23H31N3O3.HI/c1-4-24-23(25-14-18-6-9-20(27-3)10-7-18)26-15-19-8-5-17(2)13-22(19)29-21-11-12-28-16-21;/h5-10,13,21H,4,11-12,14-16H2,1-3H3,(H2,24,25,26);1H. The summed E-state index contributed by atoms with van der Waals surface area (Å²) in [7, 11) is 1.67. The van der Waals surface area contributed by atoms with Gasteiger partial charge in [0.1, 0.15) is 17.6 Å². The summed E-state index contributed by atoms with van der Waals surface area (Å²) in [5, 5.41) is 6.72. The van der Waals surface area contributed by atoms with Crippen LogP contribution in [0.3, 0.4) is 0 Å². The van der Waals surface area contributed by atoms with Crippen LogP contribution in [-0.4, -0.2) is 38.9 Å². The molecule has 0 amide bonds. The number of methoxy groups -OCH3 is 1. The number of ether oxygens (including phenoxy) is 3. The highest BCUT2D eigenvalue weighted by molar-refractivity contribution is 14.0. The molecule has 2 aromatic rings. The summed E-state index contributed by atoms with van der Waals surface area (Å²) < 4.78 is 16.8. The van der Waals surface area contributed by atoms with Gasteiger partial charge in [0.25, 0.3) is 0 Å². The van der Waals surface area contributed by atoms with Gasteiger partial charge in [-0.1, -0.05) is 24.3 Å². The zero-order valence-corrected chi connectivity index (χ0v) is 20.3. The number of aryl methyl sites for hydroxylation is 1. The third-order valence-corrected chi connectivity index (χ3v) is 4.77. The van der Waals surface area contributed by atoms with Crippen molar-refractivity contribution in [3.8, 4) is 11.5 Å². The summed E-state index contributed by atoms with van der Waals surface area (Å²) in [5.41, 5.74) is 3.42. The van der Waals surface area contributed by atoms with Crippen molar-refractivity contribution in [2.24, 2.45) is 4.99 Å². The number of halogens is 1. The molecule has 1 atom stereocenters. The SMILES string of the molecule is CCNC(=NCc1ccc(OC)cc1)NCc1ccc(C)cc1OC1CCOC1.I. The molecule has 1 fully saturated rings. The van der Waals surface area contributed by atoms with Crippen LogP contribution < -0.4 is 20.1 Å².